The molecular formula is C38H42ClN3O6. The van der Waals surface area contributed by atoms with Gasteiger partial charge in [-0.05, 0) is 78.8 Å². The van der Waals surface area contributed by atoms with Crippen molar-refractivity contribution in [2.24, 2.45) is 0 Å². The van der Waals surface area contributed by atoms with Crippen LogP contribution in [-0.4, -0.2) is 83.1 Å². The number of halogens is 1. The van der Waals surface area contributed by atoms with E-state index in [4.69, 9.17) is 21.1 Å². The van der Waals surface area contributed by atoms with Crippen LogP contribution >= 0.6 is 11.6 Å². The number of carboxylic acids is 1. The number of hydrogen-bond acceptors (Lipinski definition) is 7. The Morgan fingerprint density at radius 2 is 1.52 bits per heavy atom. The van der Waals surface area contributed by atoms with E-state index in [2.05, 4.69) is 46.2 Å². The minimum absolute atomic E-state index is 0.0972. The maximum atomic E-state index is 12.2. The molecule has 0 saturated carbocycles. The lowest BCUT2D eigenvalue weighted by Crippen LogP contribution is -2.48. The van der Waals surface area contributed by atoms with Gasteiger partial charge in [-0.2, -0.15) is 5.06 Å². The van der Waals surface area contributed by atoms with E-state index in [1.54, 1.807) is 36.4 Å². The second kappa shape index (κ2) is 17.1. The minimum atomic E-state index is -1.04. The smallest absolute Gasteiger partial charge is 0.439 e. The fourth-order valence-electron chi connectivity index (χ4n) is 6.08. The van der Waals surface area contributed by atoms with Crippen LogP contribution in [0.5, 0.6) is 11.5 Å². The number of carboxylic acid groups (broad SMARTS) is 1. The van der Waals surface area contributed by atoms with Crippen molar-refractivity contribution in [1.29, 1.82) is 0 Å². The van der Waals surface area contributed by atoms with Crippen LogP contribution in [0.15, 0.2) is 97.1 Å². The fourth-order valence-corrected chi connectivity index (χ4v) is 6.21. The highest BCUT2D eigenvalue weighted by atomic mass is 35.5. The molecule has 1 amide bonds. The van der Waals surface area contributed by atoms with E-state index in [1.807, 2.05) is 31.2 Å². The van der Waals surface area contributed by atoms with Gasteiger partial charge in [0.1, 0.15) is 23.7 Å². The lowest BCUT2D eigenvalue weighted by atomic mass is 9.96. The standard InChI is InChI=1S/C38H42ClN3O6/c1-28-26-29(10-8-9-19-42(46)38(45)48-33-13-6-3-7-14-33)27-34(37(43)44)36(28)47-25-24-40-20-22-41(23-21-40)35(30-11-4-2-5-12-30)31-15-17-32(39)18-16-31/h2-7,11-18,26-27,35,46H,8-10,19-25H2,1H3,(H,43,44)/t35-/m1/s1. The molecule has 1 fully saturated rings. The number of unbranched alkanes of at least 4 members (excludes halogenated alkanes) is 1. The van der Waals surface area contributed by atoms with Gasteiger partial charge in [0.25, 0.3) is 0 Å². The predicted molar refractivity (Wildman–Crippen MR) is 185 cm³/mol. The minimum Gasteiger partial charge on any atom is -0.491 e. The molecule has 1 heterocycles. The van der Waals surface area contributed by atoms with E-state index in [0.717, 1.165) is 42.3 Å². The molecule has 1 atom stereocenters. The summed E-state index contributed by atoms with van der Waals surface area (Å²) in [5, 5.41) is 21.3. The van der Waals surface area contributed by atoms with Crippen LogP contribution in [0, 0.1) is 6.92 Å². The molecule has 4 aromatic rings. The van der Waals surface area contributed by atoms with Crippen molar-refractivity contribution in [1.82, 2.24) is 14.9 Å². The summed E-state index contributed by atoms with van der Waals surface area (Å²) >= 11 is 6.18. The maximum Gasteiger partial charge on any atom is 0.439 e. The molecule has 48 heavy (non-hydrogen) atoms. The van der Waals surface area contributed by atoms with Crippen LogP contribution in [0.2, 0.25) is 5.02 Å². The zero-order valence-corrected chi connectivity index (χ0v) is 27.9. The predicted octanol–water partition coefficient (Wildman–Crippen LogP) is 7.35. The summed E-state index contributed by atoms with van der Waals surface area (Å²) in [6.07, 6.45) is 0.901. The zero-order valence-electron chi connectivity index (χ0n) is 27.1. The number of ether oxygens (including phenoxy) is 2. The van der Waals surface area contributed by atoms with Gasteiger partial charge in [0, 0.05) is 37.7 Å². The van der Waals surface area contributed by atoms with Crippen LogP contribution in [0.1, 0.15) is 51.5 Å². The first-order valence-electron chi connectivity index (χ1n) is 16.3. The number of hydrogen-bond donors (Lipinski definition) is 2. The van der Waals surface area contributed by atoms with Crippen molar-refractivity contribution >= 4 is 23.7 Å². The highest BCUT2D eigenvalue weighted by Gasteiger charge is 2.26. The van der Waals surface area contributed by atoms with Crippen molar-refractivity contribution in [2.75, 3.05) is 45.9 Å². The quantitative estimate of drug-likeness (QED) is 0.0816. The zero-order chi connectivity index (χ0) is 33.9. The average Bonchev–Trinajstić information content (AvgIpc) is 3.09. The Labute approximate surface area is 286 Å². The SMILES string of the molecule is Cc1cc(CCCCN(O)C(=O)Oc2ccccc2)cc(C(=O)O)c1OCCN1CCN([C@H](c2ccccc2)c2ccc(Cl)cc2)CC1. The number of carbonyl (C=O) groups excluding carboxylic acids is 1. The fraction of sp³-hybridized carbons (Fsp3) is 0.316. The van der Waals surface area contributed by atoms with Crippen LogP contribution < -0.4 is 9.47 Å². The molecule has 0 bridgehead atoms. The van der Waals surface area contributed by atoms with Gasteiger partial charge in [0.15, 0.2) is 0 Å². The lowest BCUT2D eigenvalue weighted by molar-refractivity contribution is -0.0610. The molecule has 0 aliphatic carbocycles. The summed E-state index contributed by atoms with van der Waals surface area (Å²) in [5.74, 6) is -0.296. The number of nitrogens with zero attached hydrogens (tertiary/aromatic N) is 3. The van der Waals surface area contributed by atoms with E-state index < -0.39 is 12.1 Å². The summed E-state index contributed by atoms with van der Waals surface area (Å²) in [5.41, 5.74) is 4.22. The Bertz CT molecular complexity index is 1630. The van der Waals surface area contributed by atoms with Crippen molar-refractivity contribution in [3.05, 3.63) is 130 Å². The summed E-state index contributed by atoms with van der Waals surface area (Å²) in [4.78, 5) is 29.1. The topological polar surface area (TPSA) is 103 Å². The molecule has 5 rings (SSSR count). The molecular weight excluding hydrogens is 630 g/mol. The maximum absolute atomic E-state index is 12.2. The Kier molecular flexibility index (Phi) is 12.5. The number of piperazine rings is 1. The van der Waals surface area contributed by atoms with Crippen molar-refractivity contribution in [3.63, 3.8) is 0 Å². The average molecular weight is 672 g/mol. The van der Waals surface area contributed by atoms with E-state index >= 15 is 0 Å². The number of para-hydroxylation sites is 1. The number of hydroxylamine groups is 2. The third-order valence-corrected chi connectivity index (χ3v) is 8.79. The Morgan fingerprint density at radius 1 is 0.875 bits per heavy atom. The molecule has 252 valence electrons. The van der Waals surface area contributed by atoms with Gasteiger partial charge in [0.05, 0.1) is 12.6 Å². The molecule has 0 aromatic heterocycles. The first kappa shape index (κ1) is 34.9. The number of carbonyl (C=O) groups is 2. The summed E-state index contributed by atoms with van der Waals surface area (Å²) in [6.45, 7) is 6.55. The Morgan fingerprint density at radius 3 is 2.19 bits per heavy atom. The number of rotatable bonds is 14. The first-order valence-corrected chi connectivity index (χ1v) is 16.7. The number of aryl methyl sites for hydroxylation is 2. The van der Waals surface area contributed by atoms with E-state index in [9.17, 15) is 19.9 Å². The molecule has 4 aromatic carbocycles. The Hall–Kier alpha value is -4.41. The van der Waals surface area contributed by atoms with E-state index in [-0.39, 0.29) is 18.2 Å². The second-order valence-electron chi connectivity index (χ2n) is 11.9. The van der Waals surface area contributed by atoms with E-state index in [0.29, 0.717) is 49.0 Å². The van der Waals surface area contributed by atoms with E-state index in [1.165, 1.54) is 11.1 Å². The first-order chi connectivity index (χ1) is 23.3. The summed E-state index contributed by atoms with van der Waals surface area (Å²) in [6, 6.07) is 30.9. The van der Waals surface area contributed by atoms with Gasteiger partial charge in [0.2, 0.25) is 0 Å². The van der Waals surface area contributed by atoms with Gasteiger partial charge >= 0.3 is 12.1 Å². The van der Waals surface area contributed by atoms with Crippen molar-refractivity contribution < 1.29 is 29.4 Å². The van der Waals surface area contributed by atoms with Crippen LogP contribution in [-0.2, 0) is 6.42 Å². The molecule has 2 N–H and O–H groups in total. The highest BCUT2D eigenvalue weighted by molar-refractivity contribution is 6.30. The van der Waals surface area contributed by atoms with Gasteiger partial charge < -0.3 is 14.6 Å². The van der Waals surface area contributed by atoms with Gasteiger partial charge in [-0.15, -0.1) is 0 Å². The van der Waals surface area contributed by atoms with Crippen LogP contribution in [0.3, 0.4) is 0 Å². The van der Waals surface area contributed by atoms with Crippen molar-refractivity contribution in [2.45, 2.75) is 32.2 Å². The van der Waals surface area contributed by atoms with Crippen LogP contribution in [0.4, 0.5) is 4.79 Å². The normalized spacial score (nSPS) is 14.3. The summed E-state index contributed by atoms with van der Waals surface area (Å²) in [7, 11) is 0. The molecule has 0 unspecified atom stereocenters. The Balaban J connectivity index is 1.10. The number of aromatic carboxylic acids is 1. The van der Waals surface area contributed by atoms with Gasteiger partial charge in [-0.1, -0.05) is 78.3 Å². The third-order valence-electron chi connectivity index (χ3n) is 8.54. The largest absolute Gasteiger partial charge is 0.491 e. The molecule has 1 saturated heterocycles. The van der Waals surface area contributed by atoms with Crippen molar-refractivity contribution in [3.8, 4) is 11.5 Å². The molecule has 10 heteroatoms. The number of benzene rings is 4. The third kappa shape index (κ3) is 9.58. The lowest BCUT2D eigenvalue weighted by Gasteiger charge is -2.39. The monoisotopic (exact) mass is 671 g/mol. The highest BCUT2D eigenvalue weighted by Crippen LogP contribution is 2.31. The van der Waals surface area contributed by atoms with Gasteiger partial charge in [-0.3, -0.25) is 15.0 Å². The van der Waals surface area contributed by atoms with Gasteiger partial charge in [-0.25, -0.2) is 9.59 Å². The van der Waals surface area contributed by atoms with Crippen LogP contribution in [0.25, 0.3) is 0 Å². The summed E-state index contributed by atoms with van der Waals surface area (Å²) < 4.78 is 11.2. The molecule has 1 aliphatic rings. The molecule has 0 spiro atoms. The second-order valence-corrected chi connectivity index (χ2v) is 12.4. The molecule has 1 aliphatic heterocycles. The number of amides is 1. The molecule has 9 nitrogen and oxygen atoms in total. The molecule has 0 radical (unpaired) electrons.